The Balaban J connectivity index is 2.15. The lowest BCUT2D eigenvalue weighted by atomic mass is 10.2. The van der Waals surface area contributed by atoms with Crippen molar-refractivity contribution in [1.29, 1.82) is 0 Å². The number of sulfonamides is 1. The smallest absolute Gasteiger partial charge is 0.255 e. The van der Waals surface area contributed by atoms with Gasteiger partial charge in [-0.25, -0.2) is 8.42 Å². The molecule has 1 amide bonds. The summed E-state index contributed by atoms with van der Waals surface area (Å²) in [5, 5.41) is 2.75. The van der Waals surface area contributed by atoms with Crippen LogP contribution in [0, 0.1) is 0 Å². The van der Waals surface area contributed by atoms with Crippen molar-refractivity contribution in [3.63, 3.8) is 0 Å². The summed E-state index contributed by atoms with van der Waals surface area (Å²) >= 11 is 0. The molecule has 8 heteroatoms. The van der Waals surface area contributed by atoms with Crippen LogP contribution in [0.5, 0.6) is 11.5 Å². The summed E-state index contributed by atoms with van der Waals surface area (Å²) in [7, 11) is -1.99. The highest BCUT2D eigenvalue weighted by atomic mass is 32.2. The highest BCUT2D eigenvalue weighted by Crippen LogP contribution is 2.29. The van der Waals surface area contributed by atoms with Gasteiger partial charge in [0.1, 0.15) is 11.5 Å². The minimum absolute atomic E-state index is 0.0492. The molecular formula is C18H22N2O5S. The Morgan fingerprint density at radius 2 is 1.77 bits per heavy atom. The van der Waals surface area contributed by atoms with E-state index in [2.05, 4.69) is 10.0 Å². The highest BCUT2D eigenvalue weighted by Gasteiger charge is 2.13. The van der Waals surface area contributed by atoms with Crippen molar-refractivity contribution in [2.75, 3.05) is 29.5 Å². The molecule has 0 spiro atoms. The second-order valence-corrected chi connectivity index (χ2v) is 7.34. The SMILES string of the molecule is CCOc1ccc(C(=O)Nc2ccc(NS(=O)(=O)CC)c(OC)c2)cc1. The molecule has 2 rings (SSSR count). The Morgan fingerprint density at radius 1 is 1.08 bits per heavy atom. The summed E-state index contributed by atoms with van der Waals surface area (Å²) in [6.07, 6.45) is 0. The van der Waals surface area contributed by atoms with Crippen LogP contribution in [0.1, 0.15) is 24.2 Å². The van der Waals surface area contributed by atoms with E-state index in [4.69, 9.17) is 9.47 Å². The predicted octanol–water partition coefficient (Wildman–Crippen LogP) is 3.11. The lowest BCUT2D eigenvalue weighted by Crippen LogP contribution is -2.16. The van der Waals surface area contributed by atoms with Crippen molar-refractivity contribution in [2.24, 2.45) is 0 Å². The highest BCUT2D eigenvalue weighted by molar-refractivity contribution is 7.92. The van der Waals surface area contributed by atoms with Gasteiger partial charge < -0.3 is 14.8 Å². The van der Waals surface area contributed by atoms with Gasteiger partial charge in [0.2, 0.25) is 10.0 Å². The Kier molecular flexibility index (Phi) is 6.46. The molecule has 0 aliphatic heterocycles. The molecule has 7 nitrogen and oxygen atoms in total. The normalized spacial score (nSPS) is 10.9. The van der Waals surface area contributed by atoms with Gasteiger partial charge in [0.25, 0.3) is 5.91 Å². The fraction of sp³-hybridized carbons (Fsp3) is 0.278. The summed E-state index contributed by atoms with van der Waals surface area (Å²) in [6.45, 7) is 3.98. The minimum Gasteiger partial charge on any atom is -0.494 e. The number of ether oxygens (including phenoxy) is 2. The quantitative estimate of drug-likeness (QED) is 0.736. The monoisotopic (exact) mass is 378 g/mol. The van der Waals surface area contributed by atoms with Crippen molar-refractivity contribution < 1.29 is 22.7 Å². The first kappa shape index (κ1) is 19.6. The number of hydrogen-bond acceptors (Lipinski definition) is 5. The first-order chi connectivity index (χ1) is 12.4. The second-order valence-electron chi connectivity index (χ2n) is 5.33. The second kappa shape index (κ2) is 8.57. The van der Waals surface area contributed by atoms with Crippen LogP contribution in [0.4, 0.5) is 11.4 Å². The van der Waals surface area contributed by atoms with Crippen LogP contribution in [0.25, 0.3) is 0 Å². The summed E-state index contributed by atoms with van der Waals surface area (Å²) in [5.74, 6) is 0.661. The Hall–Kier alpha value is -2.74. The van der Waals surface area contributed by atoms with E-state index in [9.17, 15) is 13.2 Å². The zero-order chi connectivity index (χ0) is 19.2. The Morgan fingerprint density at radius 3 is 2.35 bits per heavy atom. The molecular weight excluding hydrogens is 356 g/mol. The van der Waals surface area contributed by atoms with Gasteiger partial charge in [-0.3, -0.25) is 9.52 Å². The molecule has 0 unspecified atom stereocenters. The molecule has 0 fully saturated rings. The van der Waals surface area contributed by atoms with Crippen LogP contribution < -0.4 is 19.5 Å². The van der Waals surface area contributed by atoms with Gasteiger partial charge in [-0.15, -0.1) is 0 Å². The molecule has 0 aliphatic rings. The molecule has 0 aliphatic carbocycles. The molecule has 2 N–H and O–H groups in total. The minimum atomic E-state index is -3.42. The van der Waals surface area contributed by atoms with Gasteiger partial charge >= 0.3 is 0 Å². The Labute approximate surface area is 153 Å². The lowest BCUT2D eigenvalue weighted by Gasteiger charge is -2.13. The van der Waals surface area contributed by atoms with Crippen molar-refractivity contribution in [1.82, 2.24) is 0 Å². The summed E-state index contributed by atoms with van der Waals surface area (Å²) in [5.41, 5.74) is 1.27. The number of amides is 1. The molecule has 0 bridgehead atoms. The zero-order valence-corrected chi connectivity index (χ0v) is 15.7. The topological polar surface area (TPSA) is 93.7 Å². The maximum absolute atomic E-state index is 12.3. The van der Waals surface area contributed by atoms with Crippen LogP contribution >= 0.6 is 0 Å². The van der Waals surface area contributed by atoms with Crippen LogP contribution in [-0.4, -0.2) is 33.8 Å². The number of methoxy groups -OCH3 is 1. The molecule has 2 aromatic carbocycles. The molecule has 0 saturated carbocycles. The van der Waals surface area contributed by atoms with Crippen LogP contribution in [0.3, 0.4) is 0 Å². The molecule has 0 heterocycles. The summed E-state index contributed by atoms with van der Waals surface area (Å²) in [6, 6.07) is 11.5. The third-order valence-corrected chi connectivity index (χ3v) is 4.82. The first-order valence-electron chi connectivity index (χ1n) is 8.11. The maximum atomic E-state index is 12.3. The zero-order valence-electron chi connectivity index (χ0n) is 14.9. The van der Waals surface area contributed by atoms with E-state index in [-0.39, 0.29) is 11.7 Å². The van der Waals surface area contributed by atoms with Crippen molar-refractivity contribution in [3.05, 3.63) is 48.0 Å². The predicted molar refractivity (Wildman–Crippen MR) is 102 cm³/mol. The maximum Gasteiger partial charge on any atom is 0.255 e. The van der Waals surface area contributed by atoms with E-state index < -0.39 is 10.0 Å². The standard InChI is InChI=1S/C18H22N2O5S/c1-4-25-15-9-6-13(7-10-15)18(21)19-14-8-11-16(17(12-14)24-3)20-26(22,23)5-2/h6-12,20H,4-5H2,1-3H3,(H,19,21). The molecule has 0 aromatic heterocycles. The molecule has 26 heavy (non-hydrogen) atoms. The van der Waals surface area contributed by atoms with Gasteiger partial charge in [0, 0.05) is 17.3 Å². The molecule has 0 atom stereocenters. The number of carbonyl (C=O) groups excluding carboxylic acids is 1. The van der Waals surface area contributed by atoms with Crippen molar-refractivity contribution in [3.8, 4) is 11.5 Å². The average molecular weight is 378 g/mol. The molecule has 0 saturated heterocycles. The Bertz CT molecular complexity index is 864. The fourth-order valence-electron chi connectivity index (χ4n) is 2.17. The van der Waals surface area contributed by atoms with Gasteiger partial charge in [0.15, 0.2) is 0 Å². The van der Waals surface area contributed by atoms with Crippen molar-refractivity contribution >= 4 is 27.3 Å². The molecule has 140 valence electrons. The van der Waals surface area contributed by atoms with Crippen LogP contribution in [-0.2, 0) is 10.0 Å². The first-order valence-corrected chi connectivity index (χ1v) is 9.76. The summed E-state index contributed by atoms with van der Waals surface area (Å²) < 4.78 is 36.4. The fourth-order valence-corrected chi connectivity index (χ4v) is 2.81. The number of benzene rings is 2. The van der Waals surface area contributed by atoms with E-state index in [1.807, 2.05) is 6.92 Å². The van der Waals surface area contributed by atoms with E-state index in [0.29, 0.717) is 35.0 Å². The largest absolute Gasteiger partial charge is 0.494 e. The van der Waals surface area contributed by atoms with Crippen LogP contribution in [0.15, 0.2) is 42.5 Å². The number of rotatable bonds is 8. The van der Waals surface area contributed by atoms with E-state index in [1.54, 1.807) is 49.4 Å². The number of nitrogens with one attached hydrogen (secondary N) is 2. The lowest BCUT2D eigenvalue weighted by molar-refractivity contribution is 0.102. The average Bonchev–Trinajstić information content (AvgIpc) is 2.63. The van der Waals surface area contributed by atoms with Gasteiger partial charge in [-0.05, 0) is 50.2 Å². The molecule has 0 radical (unpaired) electrons. The number of hydrogen-bond donors (Lipinski definition) is 2. The van der Waals surface area contributed by atoms with Gasteiger partial charge in [-0.2, -0.15) is 0 Å². The van der Waals surface area contributed by atoms with Gasteiger partial charge in [0.05, 0.1) is 25.2 Å². The van der Waals surface area contributed by atoms with Crippen LogP contribution in [0.2, 0.25) is 0 Å². The summed E-state index contributed by atoms with van der Waals surface area (Å²) in [4.78, 5) is 12.3. The third-order valence-electron chi connectivity index (χ3n) is 3.53. The van der Waals surface area contributed by atoms with E-state index in [0.717, 1.165) is 0 Å². The third kappa shape index (κ3) is 5.13. The number of anilines is 2. The van der Waals surface area contributed by atoms with Crippen molar-refractivity contribution in [2.45, 2.75) is 13.8 Å². The van der Waals surface area contributed by atoms with Gasteiger partial charge in [-0.1, -0.05) is 0 Å². The van der Waals surface area contributed by atoms with E-state index in [1.165, 1.54) is 7.11 Å². The number of carbonyl (C=O) groups is 1. The molecule has 2 aromatic rings. The van der Waals surface area contributed by atoms with E-state index >= 15 is 0 Å².